The molecule has 1 N–H and O–H groups in total. The predicted molar refractivity (Wildman–Crippen MR) is 80.3 cm³/mol. The van der Waals surface area contributed by atoms with Gasteiger partial charge in [0.1, 0.15) is 0 Å². The highest BCUT2D eigenvalue weighted by atomic mass is 32.2. The third-order valence-electron chi connectivity index (χ3n) is 2.21. The SMILES string of the molecule is CCOC(=O)Nc1nnc(Sc2nn3cc(C)nc3s2)s1. The summed E-state index contributed by atoms with van der Waals surface area (Å²) in [4.78, 5) is 16.4. The highest BCUT2D eigenvalue weighted by Crippen LogP contribution is 2.34. The van der Waals surface area contributed by atoms with Gasteiger partial charge < -0.3 is 4.74 Å². The van der Waals surface area contributed by atoms with Crippen LogP contribution in [-0.4, -0.2) is 37.5 Å². The van der Waals surface area contributed by atoms with Gasteiger partial charge in [0.2, 0.25) is 10.1 Å². The highest BCUT2D eigenvalue weighted by molar-refractivity contribution is 8.02. The Balaban J connectivity index is 1.68. The monoisotopic (exact) mass is 342 g/mol. The fraction of sp³-hybridized carbons (Fsp3) is 0.300. The molecular weight excluding hydrogens is 332 g/mol. The number of carbonyl (C=O) groups excluding carboxylic acids is 1. The summed E-state index contributed by atoms with van der Waals surface area (Å²) in [6.45, 7) is 3.97. The van der Waals surface area contributed by atoms with Crippen LogP contribution < -0.4 is 5.32 Å². The molecule has 8 nitrogen and oxygen atoms in total. The minimum Gasteiger partial charge on any atom is -0.450 e. The quantitative estimate of drug-likeness (QED) is 0.728. The predicted octanol–water partition coefficient (Wildman–Crippen LogP) is 2.67. The Morgan fingerprint density at radius 2 is 2.29 bits per heavy atom. The number of hydrogen-bond acceptors (Lipinski definition) is 9. The van der Waals surface area contributed by atoms with Crippen LogP contribution in [0.2, 0.25) is 0 Å². The fourth-order valence-electron chi connectivity index (χ4n) is 1.46. The zero-order chi connectivity index (χ0) is 14.8. The van der Waals surface area contributed by atoms with E-state index < -0.39 is 6.09 Å². The van der Waals surface area contributed by atoms with Crippen LogP contribution in [0.25, 0.3) is 4.96 Å². The average molecular weight is 342 g/mol. The van der Waals surface area contributed by atoms with E-state index in [1.807, 2.05) is 13.1 Å². The molecule has 0 aliphatic heterocycles. The summed E-state index contributed by atoms with van der Waals surface area (Å²) < 4.78 is 8.02. The first kappa shape index (κ1) is 14.2. The van der Waals surface area contributed by atoms with Crippen molar-refractivity contribution in [3.8, 4) is 0 Å². The van der Waals surface area contributed by atoms with E-state index in [2.05, 4.69) is 25.6 Å². The molecule has 0 saturated heterocycles. The summed E-state index contributed by atoms with van der Waals surface area (Å²) in [6, 6.07) is 0. The van der Waals surface area contributed by atoms with Crippen molar-refractivity contribution in [3.05, 3.63) is 11.9 Å². The van der Waals surface area contributed by atoms with Crippen molar-refractivity contribution in [1.82, 2.24) is 24.8 Å². The number of rotatable bonds is 4. The van der Waals surface area contributed by atoms with Crippen LogP contribution in [0.1, 0.15) is 12.6 Å². The zero-order valence-corrected chi connectivity index (χ0v) is 13.5. The molecule has 0 spiro atoms. The number of hydrogen-bond donors (Lipinski definition) is 1. The summed E-state index contributed by atoms with van der Waals surface area (Å²) in [5, 5.41) is 15.2. The number of nitrogens with zero attached hydrogens (tertiary/aromatic N) is 5. The van der Waals surface area contributed by atoms with E-state index in [4.69, 9.17) is 4.74 Å². The van der Waals surface area contributed by atoms with E-state index in [0.717, 1.165) is 15.0 Å². The number of anilines is 1. The van der Waals surface area contributed by atoms with E-state index in [1.165, 1.54) is 34.4 Å². The van der Waals surface area contributed by atoms with Gasteiger partial charge in [-0.25, -0.2) is 14.3 Å². The average Bonchev–Trinajstić information content (AvgIpc) is 3.05. The summed E-state index contributed by atoms with van der Waals surface area (Å²) in [6.07, 6.45) is 1.33. The number of aryl methyl sites for hydroxylation is 1. The minimum absolute atomic E-state index is 0.310. The maximum Gasteiger partial charge on any atom is 0.413 e. The van der Waals surface area contributed by atoms with Gasteiger partial charge in [-0.05, 0) is 25.6 Å². The Bertz CT molecular complexity index is 747. The molecule has 0 unspecified atom stereocenters. The molecule has 0 radical (unpaired) electrons. The minimum atomic E-state index is -0.534. The van der Waals surface area contributed by atoms with Crippen molar-refractivity contribution < 1.29 is 9.53 Å². The molecule has 11 heteroatoms. The maximum atomic E-state index is 11.3. The molecular formula is C10H10N6O2S3. The number of imidazole rings is 1. The van der Waals surface area contributed by atoms with Gasteiger partial charge in [0, 0.05) is 0 Å². The molecule has 1 amide bonds. The van der Waals surface area contributed by atoms with Crippen molar-refractivity contribution in [2.75, 3.05) is 11.9 Å². The van der Waals surface area contributed by atoms with Gasteiger partial charge in [-0.15, -0.1) is 15.3 Å². The number of amides is 1. The van der Waals surface area contributed by atoms with E-state index in [0.29, 0.717) is 16.1 Å². The standard InChI is InChI=1S/C10H10N6O2S3/c1-3-18-8(17)12-6-13-14-9(19-6)21-10-15-16-4-5(2)11-7(16)20-10/h4H,3H2,1-2H3,(H,12,13,17). The lowest BCUT2D eigenvalue weighted by atomic mass is 10.6. The lowest BCUT2D eigenvalue weighted by Gasteiger charge is -1.99. The summed E-state index contributed by atoms with van der Waals surface area (Å²) >= 11 is 4.12. The first-order valence-corrected chi connectivity index (χ1v) is 8.37. The molecule has 0 atom stereocenters. The molecule has 0 aliphatic rings. The third-order valence-corrected chi connectivity index (χ3v) is 5.07. The fourth-order valence-corrected chi connectivity index (χ4v) is 4.37. The van der Waals surface area contributed by atoms with Gasteiger partial charge in [0.25, 0.3) is 0 Å². The molecule has 0 aromatic carbocycles. The summed E-state index contributed by atoms with van der Waals surface area (Å²) in [7, 11) is 0. The lowest BCUT2D eigenvalue weighted by Crippen LogP contribution is -2.12. The third kappa shape index (κ3) is 3.31. The van der Waals surface area contributed by atoms with Crippen LogP contribution in [-0.2, 0) is 4.74 Å². The lowest BCUT2D eigenvalue weighted by molar-refractivity contribution is 0.168. The van der Waals surface area contributed by atoms with Crippen LogP contribution in [0.15, 0.2) is 14.9 Å². The Morgan fingerprint density at radius 1 is 1.43 bits per heavy atom. The molecule has 3 aromatic heterocycles. The van der Waals surface area contributed by atoms with Crippen molar-refractivity contribution in [2.24, 2.45) is 0 Å². The van der Waals surface area contributed by atoms with Crippen molar-refractivity contribution in [3.63, 3.8) is 0 Å². The molecule has 3 aromatic rings. The molecule has 21 heavy (non-hydrogen) atoms. The molecule has 3 rings (SSSR count). The van der Waals surface area contributed by atoms with Crippen LogP contribution in [0.4, 0.5) is 9.93 Å². The molecule has 0 aliphatic carbocycles. The number of aromatic nitrogens is 5. The summed E-state index contributed by atoms with van der Waals surface area (Å²) in [5.74, 6) is 0. The Kier molecular flexibility index (Phi) is 4.03. The number of nitrogens with one attached hydrogen (secondary N) is 1. The molecule has 110 valence electrons. The van der Waals surface area contributed by atoms with E-state index >= 15 is 0 Å². The van der Waals surface area contributed by atoms with Gasteiger partial charge >= 0.3 is 6.09 Å². The van der Waals surface area contributed by atoms with Crippen LogP contribution >= 0.6 is 34.4 Å². The van der Waals surface area contributed by atoms with Crippen LogP contribution in [0.3, 0.4) is 0 Å². The highest BCUT2D eigenvalue weighted by Gasteiger charge is 2.13. The van der Waals surface area contributed by atoms with Crippen molar-refractivity contribution >= 4 is 50.6 Å². The first-order chi connectivity index (χ1) is 10.1. The topological polar surface area (TPSA) is 94.3 Å². The smallest absolute Gasteiger partial charge is 0.413 e. The largest absolute Gasteiger partial charge is 0.450 e. The van der Waals surface area contributed by atoms with Crippen LogP contribution in [0, 0.1) is 6.92 Å². The second-order valence-electron chi connectivity index (χ2n) is 3.80. The second-order valence-corrected chi connectivity index (χ2v) is 7.23. The molecule has 0 saturated carbocycles. The molecule has 3 heterocycles. The van der Waals surface area contributed by atoms with Crippen LogP contribution in [0.5, 0.6) is 0 Å². The number of ether oxygens (including phenoxy) is 1. The van der Waals surface area contributed by atoms with Gasteiger partial charge in [-0.1, -0.05) is 22.7 Å². The van der Waals surface area contributed by atoms with Gasteiger partial charge in [0.15, 0.2) is 8.68 Å². The molecule has 0 fully saturated rings. The van der Waals surface area contributed by atoms with Crippen molar-refractivity contribution in [2.45, 2.75) is 22.5 Å². The zero-order valence-electron chi connectivity index (χ0n) is 11.1. The maximum absolute atomic E-state index is 11.3. The molecule has 0 bridgehead atoms. The summed E-state index contributed by atoms with van der Waals surface area (Å²) in [5.41, 5.74) is 0.933. The van der Waals surface area contributed by atoms with E-state index in [1.54, 1.807) is 11.4 Å². The Morgan fingerprint density at radius 3 is 3.05 bits per heavy atom. The first-order valence-electron chi connectivity index (χ1n) is 5.92. The van der Waals surface area contributed by atoms with Crippen molar-refractivity contribution in [1.29, 1.82) is 0 Å². The number of carbonyl (C=O) groups is 1. The normalized spacial score (nSPS) is 11.0. The van der Waals surface area contributed by atoms with Gasteiger partial charge in [-0.2, -0.15) is 0 Å². The van der Waals surface area contributed by atoms with E-state index in [9.17, 15) is 4.79 Å². The van der Waals surface area contributed by atoms with E-state index in [-0.39, 0.29) is 0 Å². The second kappa shape index (κ2) is 5.95. The van der Waals surface area contributed by atoms with Gasteiger partial charge in [-0.3, -0.25) is 5.32 Å². The number of fused-ring (bicyclic) bond motifs is 1. The van der Waals surface area contributed by atoms with Gasteiger partial charge in [0.05, 0.1) is 18.5 Å². The Labute approximate surface area is 131 Å². The Hall–Kier alpha value is -1.72.